The van der Waals surface area contributed by atoms with Crippen molar-refractivity contribution in [3.63, 3.8) is 0 Å². The number of halogens is 1. The zero-order valence-corrected chi connectivity index (χ0v) is 15.9. The van der Waals surface area contributed by atoms with E-state index in [-0.39, 0.29) is 29.6 Å². The number of benzene rings is 2. The standard InChI is InChI=1S/C21H19FN2O5/c1-3-23(13-14-4-9-19(28-2)17(22)12-14)21(25)20-11-10-18(29-20)15-5-7-16(8-6-15)24(26)27/h4-12H,3,13H2,1-2H3. The van der Waals surface area contributed by atoms with Gasteiger partial charge in [0.2, 0.25) is 0 Å². The highest BCUT2D eigenvalue weighted by Crippen LogP contribution is 2.26. The monoisotopic (exact) mass is 398 g/mol. The molecular formula is C21H19FN2O5. The number of methoxy groups -OCH3 is 1. The van der Waals surface area contributed by atoms with Crippen LogP contribution >= 0.6 is 0 Å². The number of nitro groups is 1. The van der Waals surface area contributed by atoms with Gasteiger partial charge in [0.1, 0.15) is 5.76 Å². The van der Waals surface area contributed by atoms with E-state index in [0.29, 0.717) is 23.4 Å². The molecule has 0 radical (unpaired) electrons. The van der Waals surface area contributed by atoms with Crippen LogP contribution in [0.25, 0.3) is 11.3 Å². The third-order valence-corrected chi connectivity index (χ3v) is 4.44. The maximum atomic E-state index is 13.9. The molecule has 0 saturated carbocycles. The number of carbonyl (C=O) groups excluding carboxylic acids is 1. The van der Waals surface area contributed by atoms with E-state index in [1.165, 1.54) is 36.3 Å². The summed E-state index contributed by atoms with van der Waals surface area (Å²) in [5, 5.41) is 10.8. The van der Waals surface area contributed by atoms with Crippen LogP contribution in [0.4, 0.5) is 10.1 Å². The number of nitro benzene ring substituents is 1. The molecule has 8 heteroatoms. The van der Waals surface area contributed by atoms with Crippen LogP contribution in [0.3, 0.4) is 0 Å². The Morgan fingerprint density at radius 3 is 2.48 bits per heavy atom. The van der Waals surface area contributed by atoms with Gasteiger partial charge < -0.3 is 14.1 Å². The molecule has 0 unspecified atom stereocenters. The van der Waals surface area contributed by atoms with E-state index in [1.54, 1.807) is 30.3 Å². The van der Waals surface area contributed by atoms with Gasteiger partial charge in [0.15, 0.2) is 17.3 Å². The van der Waals surface area contributed by atoms with Crippen LogP contribution in [0, 0.1) is 15.9 Å². The molecule has 0 saturated heterocycles. The third-order valence-electron chi connectivity index (χ3n) is 4.44. The molecule has 0 atom stereocenters. The van der Waals surface area contributed by atoms with Crippen molar-refractivity contribution >= 4 is 11.6 Å². The quantitative estimate of drug-likeness (QED) is 0.427. The highest BCUT2D eigenvalue weighted by molar-refractivity contribution is 5.92. The first-order valence-corrected chi connectivity index (χ1v) is 8.89. The summed E-state index contributed by atoms with van der Waals surface area (Å²) in [6, 6.07) is 13.6. The minimum atomic E-state index is -0.494. The van der Waals surface area contributed by atoms with Crippen molar-refractivity contribution < 1.29 is 23.3 Å². The van der Waals surface area contributed by atoms with Gasteiger partial charge in [0, 0.05) is 30.8 Å². The van der Waals surface area contributed by atoms with Gasteiger partial charge in [-0.2, -0.15) is 0 Å². The van der Waals surface area contributed by atoms with Crippen molar-refractivity contribution in [2.45, 2.75) is 13.5 Å². The highest BCUT2D eigenvalue weighted by Gasteiger charge is 2.20. The predicted molar refractivity (Wildman–Crippen MR) is 104 cm³/mol. The average molecular weight is 398 g/mol. The summed E-state index contributed by atoms with van der Waals surface area (Å²) in [6.45, 7) is 2.43. The Bertz CT molecular complexity index is 1030. The van der Waals surface area contributed by atoms with Crippen LogP contribution in [0.5, 0.6) is 5.75 Å². The molecule has 3 aromatic rings. The molecule has 3 rings (SSSR count). The van der Waals surface area contributed by atoms with E-state index in [9.17, 15) is 19.3 Å². The maximum absolute atomic E-state index is 13.9. The molecule has 7 nitrogen and oxygen atoms in total. The number of hydrogen-bond donors (Lipinski definition) is 0. The molecule has 0 fully saturated rings. The number of amides is 1. The fourth-order valence-electron chi connectivity index (χ4n) is 2.87. The second-order valence-corrected chi connectivity index (χ2v) is 6.26. The van der Waals surface area contributed by atoms with Crippen molar-refractivity contribution in [1.82, 2.24) is 4.90 Å². The fraction of sp³-hybridized carbons (Fsp3) is 0.190. The number of hydrogen-bond acceptors (Lipinski definition) is 5. The smallest absolute Gasteiger partial charge is 0.289 e. The van der Waals surface area contributed by atoms with Crippen molar-refractivity contribution in [2.75, 3.05) is 13.7 Å². The lowest BCUT2D eigenvalue weighted by atomic mass is 10.1. The average Bonchev–Trinajstić information content (AvgIpc) is 3.22. The van der Waals surface area contributed by atoms with Crippen LogP contribution < -0.4 is 4.74 Å². The van der Waals surface area contributed by atoms with Gasteiger partial charge in [-0.15, -0.1) is 0 Å². The second kappa shape index (κ2) is 8.55. The zero-order chi connectivity index (χ0) is 21.0. The Kier molecular flexibility index (Phi) is 5.92. The lowest BCUT2D eigenvalue weighted by Gasteiger charge is -2.20. The Labute approximate surface area is 166 Å². The second-order valence-electron chi connectivity index (χ2n) is 6.26. The molecule has 150 valence electrons. The fourth-order valence-corrected chi connectivity index (χ4v) is 2.87. The Morgan fingerprint density at radius 2 is 1.90 bits per heavy atom. The summed E-state index contributed by atoms with van der Waals surface area (Å²) in [4.78, 5) is 24.6. The molecule has 0 spiro atoms. The van der Waals surface area contributed by atoms with E-state index < -0.39 is 10.7 Å². The number of non-ortho nitro benzene ring substituents is 1. The predicted octanol–water partition coefficient (Wildman–Crippen LogP) is 4.66. The first-order chi connectivity index (χ1) is 13.9. The summed E-state index contributed by atoms with van der Waals surface area (Å²) >= 11 is 0. The first-order valence-electron chi connectivity index (χ1n) is 8.89. The van der Waals surface area contributed by atoms with Gasteiger partial charge in [-0.25, -0.2) is 4.39 Å². The zero-order valence-electron chi connectivity index (χ0n) is 15.9. The normalized spacial score (nSPS) is 10.6. The van der Waals surface area contributed by atoms with Crippen molar-refractivity contribution in [3.8, 4) is 17.1 Å². The minimum Gasteiger partial charge on any atom is -0.494 e. The van der Waals surface area contributed by atoms with Crippen LogP contribution in [0.1, 0.15) is 23.0 Å². The maximum Gasteiger partial charge on any atom is 0.289 e. The molecule has 1 amide bonds. The largest absolute Gasteiger partial charge is 0.494 e. The summed E-state index contributed by atoms with van der Waals surface area (Å²) < 4.78 is 24.5. The van der Waals surface area contributed by atoms with Crippen LogP contribution in [0.2, 0.25) is 0 Å². The number of furan rings is 1. The molecule has 2 aromatic carbocycles. The number of ether oxygens (including phenoxy) is 1. The Hall–Kier alpha value is -3.68. The number of carbonyl (C=O) groups is 1. The molecule has 0 bridgehead atoms. The van der Waals surface area contributed by atoms with Crippen LogP contribution in [-0.2, 0) is 6.54 Å². The molecule has 0 N–H and O–H groups in total. The summed E-state index contributed by atoms with van der Waals surface area (Å²) in [5.74, 6) is -0.130. The van der Waals surface area contributed by atoms with Crippen molar-refractivity contribution in [2.24, 2.45) is 0 Å². The lowest BCUT2D eigenvalue weighted by Crippen LogP contribution is -2.30. The number of nitrogens with zero attached hydrogens (tertiary/aromatic N) is 2. The van der Waals surface area contributed by atoms with Gasteiger partial charge in [-0.1, -0.05) is 6.07 Å². The molecule has 29 heavy (non-hydrogen) atoms. The van der Waals surface area contributed by atoms with Gasteiger partial charge in [-0.3, -0.25) is 14.9 Å². The molecular weight excluding hydrogens is 379 g/mol. The minimum absolute atomic E-state index is 0.0273. The SMILES string of the molecule is CCN(Cc1ccc(OC)c(F)c1)C(=O)c1ccc(-c2ccc([N+](=O)[O-])cc2)o1. The molecule has 0 aliphatic heterocycles. The highest BCUT2D eigenvalue weighted by atomic mass is 19.1. The van der Waals surface area contributed by atoms with Gasteiger partial charge in [0.25, 0.3) is 11.6 Å². The Balaban J connectivity index is 1.76. The van der Waals surface area contributed by atoms with Crippen molar-refractivity contribution in [3.05, 3.63) is 81.9 Å². The first kappa shape index (κ1) is 20.1. The summed E-state index contributed by atoms with van der Waals surface area (Å²) in [7, 11) is 1.39. The van der Waals surface area contributed by atoms with E-state index in [4.69, 9.17) is 9.15 Å². The van der Waals surface area contributed by atoms with E-state index >= 15 is 0 Å². The van der Waals surface area contributed by atoms with Crippen molar-refractivity contribution in [1.29, 1.82) is 0 Å². The van der Waals surface area contributed by atoms with Crippen LogP contribution in [-0.4, -0.2) is 29.4 Å². The molecule has 0 aliphatic rings. The Morgan fingerprint density at radius 1 is 1.17 bits per heavy atom. The number of rotatable bonds is 7. The van der Waals surface area contributed by atoms with E-state index in [0.717, 1.165) is 0 Å². The molecule has 0 aliphatic carbocycles. The van der Waals surface area contributed by atoms with E-state index in [1.807, 2.05) is 6.92 Å². The molecule has 1 heterocycles. The van der Waals surface area contributed by atoms with Gasteiger partial charge >= 0.3 is 0 Å². The van der Waals surface area contributed by atoms with Gasteiger partial charge in [-0.05, 0) is 48.9 Å². The molecule has 1 aromatic heterocycles. The topological polar surface area (TPSA) is 85.8 Å². The third kappa shape index (κ3) is 4.43. The lowest BCUT2D eigenvalue weighted by molar-refractivity contribution is -0.384. The summed E-state index contributed by atoms with van der Waals surface area (Å²) in [5.41, 5.74) is 1.22. The van der Waals surface area contributed by atoms with E-state index in [2.05, 4.69) is 0 Å². The van der Waals surface area contributed by atoms with Gasteiger partial charge in [0.05, 0.1) is 12.0 Å². The summed E-state index contributed by atoms with van der Waals surface area (Å²) in [6.07, 6.45) is 0. The van der Waals surface area contributed by atoms with Crippen LogP contribution in [0.15, 0.2) is 59.0 Å².